The zero-order valence-corrected chi connectivity index (χ0v) is 14.2. The van der Waals surface area contributed by atoms with Gasteiger partial charge in [0, 0.05) is 12.2 Å². The lowest BCUT2D eigenvalue weighted by Gasteiger charge is -2.36. The second-order valence-electron chi connectivity index (χ2n) is 5.83. The van der Waals surface area contributed by atoms with Crippen molar-refractivity contribution in [2.75, 3.05) is 13.1 Å². The van der Waals surface area contributed by atoms with Crippen molar-refractivity contribution in [1.29, 1.82) is 0 Å². The monoisotopic (exact) mass is 331 g/mol. The van der Waals surface area contributed by atoms with E-state index in [0.717, 1.165) is 17.0 Å². The van der Waals surface area contributed by atoms with Crippen LogP contribution in [0.2, 0.25) is 0 Å². The number of pyridine rings is 1. The molecule has 0 unspecified atom stereocenters. The van der Waals surface area contributed by atoms with E-state index in [2.05, 4.69) is 21.7 Å². The summed E-state index contributed by atoms with van der Waals surface area (Å²) in [7, 11) is 0. The molecule has 0 aliphatic carbocycles. The fourth-order valence-electron chi connectivity index (χ4n) is 2.74. The minimum absolute atomic E-state index is 0.0245. The summed E-state index contributed by atoms with van der Waals surface area (Å²) in [6.07, 6.45) is -0.0238. The standard InChI is InChI=1S/C17H21N3O2S/c1-12-4-3-5-15(19-12)8-18-17(21)20-9-13(2)22-16(10-20)14-6-7-23-11-14/h3-7,11,13,16H,8-10H2,1-2H3,(H,18,21)/t13-,16-/m0/s1. The van der Waals surface area contributed by atoms with Crippen LogP contribution in [0.15, 0.2) is 35.0 Å². The van der Waals surface area contributed by atoms with Gasteiger partial charge >= 0.3 is 6.03 Å². The summed E-state index contributed by atoms with van der Waals surface area (Å²) < 4.78 is 5.96. The molecule has 0 bridgehead atoms. The third-order valence-corrected chi connectivity index (χ3v) is 4.53. The largest absolute Gasteiger partial charge is 0.367 e. The summed E-state index contributed by atoms with van der Waals surface area (Å²) in [5.74, 6) is 0. The van der Waals surface area contributed by atoms with Gasteiger partial charge in [-0.15, -0.1) is 0 Å². The number of hydrogen-bond acceptors (Lipinski definition) is 4. The molecule has 6 heteroatoms. The highest BCUT2D eigenvalue weighted by Gasteiger charge is 2.29. The van der Waals surface area contributed by atoms with Crippen LogP contribution < -0.4 is 5.32 Å². The van der Waals surface area contributed by atoms with Crippen molar-refractivity contribution in [3.8, 4) is 0 Å². The molecule has 2 amide bonds. The highest BCUT2D eigenvalue weighted by molar-refractivity contribution is 7.07. The molecule has 1 fully saturated rings. The number of amides is 2. The van der Waals surface area contributed by atoms with Crippen LogP contribution in [0.5, 0.6) is 0 Å². The first-order valence-corrected chi connectivity index (χ1v) is 8.69. The van der Waals surface area contributed by atoms with Crippen molar-refractivity contribution < 1.29 is 9.53 Å². The van der Waals surface area contributed by atoms with Gasteiger partial charge in [0.1, 0.15) is 6.10 Å². The minimum atomic E-state index is -0.0660. The molecule has 0 aromatic carbocycles. The topological polar surface area (TPSA) is 54.5 Å². The lowest BCUT2D eigenvalue weighted by atomic mass is 10.1. The molecule has 0 spiro atoms. The maximum atomic E-state index is 12.5. The van der Waals surface area contributed by atoms with E-state index in [0.29, 0.717) is 19.6 Å². The van der Waals surface area contributed by atoms with Gasteiger partial charge in [-0.05, 0) is 48.4 Å². The van der Waals surface area contributed by atoms with Crippen molar-refractivity contribution in [3.05, 3.63) is 52.0 Å². The Morgan fingerprint density at radius 2 is 2.30 bits per heavy atom. The average Bonchev–Trinajstić information content (AvgIpc) is 3.06. The third-order valence-electron chi connectivity index (χ3n) is 3.83. The Bertz CT molecular complexity index is 660. The van der Waals surface area contributed by atoms with Crippen LogP contribution in [0.1, 0.15) is 30.0 Å². The number of carbonyl (C=O) groups excluding carboxylic acids is 1. The number of urea groups is 1. The van der Waals surface area contributed by atoms with Gasteiger partial charge in [0.15, 0.2) is 0 Å². The summed E-state index contributed by atoms with van der Waals surface area (Å²) in [6, 6.07) is 7.81. The number of aromatic nitrogens is 1. The quantitative estimate of drug-likeness (QED) is 0.940. The molecule has 1 N–H and O–H groups in total. The molecular weight excluding hydrogens is 310 g/mol. The van der Waals surface area contributed by atoms with Crippen LogP contribution in [0.25, 0.3) is 0 Å². The first kappa shape index (κ1) is 16.0. The number of carbonyl (C=O) groups is 1. The van der Waals surface area contributed by atoms with E-state index in [9.17, 15) is 4.79 Å². The number of hydrogen-bond donors (Lipinski definition) is 1. The van der Waals surface area contributed by atoms with Crippen LogP contribution >= 0.6 is 11.3 Å². The molecule has 5 nitrogen and oxygen atoms in total. The zero-order valence-electron chi connectivity index (χ0n) is 13.4. The third kappa shape index (κ3) is 4.09. The van der Waals surface area contributed by atoms with E-state index in [-0.39, 0.29) is 18.2 Å². The summed E-state index contributed by atoms with van der Waals surface area (Å²) in [5, 5.41) is 7.07. The Balaban J connectivity index is 1.60. The predicted molar refractivity (Wildman–Crippen MR) is 90.4 cm³/mol. The summed E-state index contributed by atoms with van der Waals surface area (Å²) >= 11 is 1.65. The molecule has 2 aromatic rings. The Labute approximate surface area is 140 Å². The molecule has 3 heterocycles. The number of nitrogens with zero attached hydrogens (tertiary/aromatic N) is 2. The minimum Gasteiger partial charge on any atom is -0.367 e. The molecule has 3 rings (SSSR count). The molecule has 1 aliphatic rings. The molecule has 0 radical (unpaired) electrons. The van der Waals surface area contributed by atoms with Crippen molar-refractivity contribution in [2.24, 2.45) is 0 Å². The van der Waals surface area contributed by atoms with Crippen molar-refractivity contribution in [2.45, 2.75) is 32.6 Å². The molecule has 23 heavy (non-hydrogen) atoms. The lowest BCUT2D eigenvalue weighted by Crippen LogP contribution is -2.49. The molecule has 0 saturated carbocycles. The number of morpholine rings is 1. The van der Waals surface area contributed by atoms with Gasteiger partial charge < -0.3 is 15.0 Å². The molecule has 1 aliphatic heterocycles. The lowest BCUT2D eigenvalue weighted by molar-refractivity contribution is -0.0655. The van der Waals surface area contributed by atoms with Crippen molar-refractivity contribution >= 4 is 17.4 Å². The van der Waals surface area contributed by atoms with E-state index >= 15 is 0 Å². The summed E-state index contributed by atoms with van der Waals surface area (Å²) in [6.45, 7) is 5.57. The van der Waals surface area contributed by atoms with Crippen LogP contribution in [0.4, 0.5) is 4.79 Å². The Hall–Kier alpha value is -1.92. The van der Waals surface area contributed by atoms with Gasteiger partial charge in [-0.2, -0.15) is 11.3 Å². The van der Waals surface area contributed by atoms with Gasteiger partial charge in [0.25, 0.3) is 0 Å². The fourth-order valence-corrected chi connectivity index (χ4v) is 3.44. The highest BCUT2D eigenvalue weighted by atomic mass is 32.1. The van der Waals surface area contributed by atoms with Crippen LogP contribution in [0, 0.1) is 6.92 Å². The second kappa shape index (κ2) is 7.10. The number of thiophene rings is 1. The normalized spacial score (nSPS) is 21.2. The van der Waals surface area contributed by atoms with E-state index < -0.39 is 0 Å². The van der Waals surface area contributed by atoms with E-state index in [1.807, 2.05) is 42.3 Å². The first-order chi connectivity index (χ1) is 11.1. The second-order valence-corrected chi connectivity index (χ2v) is 6.61. The van der Waals surface area contributed by atoms with Crippen LogP contribution in [0.3, 0.4) is 0 Å². The van der Waals surface area contributed by atoms with Gasteiger partial charge in [-0.1, -0.05) is 6.07 Å². The van der Waals surface area contributed by atoms with Gasteiger partial charge in [0.05, 0.1) is 24.9 Å². The fraction of sp³-hybridized carbons (Fsp3) is 0.412. The maximum absolute atomic E-state index is 12.5. The van der Waals surface area contributed by atoms with Crippen LogP contribution in [-0.4, -0.2) is 35.1 Å². The summed E-state index contributed by atoms with van der Waals surface area (Å²) in [4.78, 5) is 18.7. The van der Waals surface area contributed by atoms with Crippen LogP contribution in [-0.2, 0) is 11.3 Å². The summed E-state index contributed by atoms with van der Waals surface area (Å²) in [5.41, 5.74) is 2.96. The molecule has 122 valence electrons. The Morgan fingerprint density at radius 1 is 1.43 bits per heavy atom. The highest BCUT2D eigenvalue weighted by Crippen LogP contribution is 2.26. The van der Waals surface area contributed by atoms with Gasteiger partial charge in [0.2, 0.25) is 0 Å². The van der Waals surface area contributed by atoms with E-state index in [4.69, 9.17) is 4.74 Å². The number of ether oxygens (including phenoxy) is 1. The predicted octanol–water partition coefficient (Wildman–Crippen LogP) is 3.12. The zero-order chi connectivity index (χ0) is 16.2. The molecule has 2 atom stereocenters. The molecule has 1 saturated heterocycles. The Morgan fingerprint density at radius 3 is 3.04 bits per heavy atom. The van der Waals surface area contributed by atoms with Crippen molar-refractivity contribution in [3.63, 3.8) is 0 Å². The average molecular weight is 331 g/mol. The maximum Gasteiger partial charge on any atom is 0.317 e. The van der Waals surface area contributed by atoms with E-state index in [1.54, 1.807) is 11.3 Å². The van der Waals surface area contributed by atoms with E-state index in [1.165, 1.54) is 0 Å². The number of nitrogens with one attached hydrogen (secondary N) is 1. The Kier molecular flexibility index (Phi) is 4.93. The first-order valence-electron chi connectivity index (χ1n) is 7.74. The number of aryl methyl sites for hydroxylation is 1. The molecular formula is C17H21N3O2S. The number of rotatable bonds is 3. The van der Waals surface area contributed by atoms with Crippen molar-refractivity contribution in [1.82, 2.24) is 15.2 Å². The SMILES string of the molecule is Cc1cccc(CNC(=O)N2C[C@@H](c3ccsc3)O[C@@H](C)C2)n1. The molecule has 2 aromatic heterocycles. The van der Waals surface area contributed by atoms with Gasteiger partial charge in [-0.25, -0.2) is 4.79 Å². The van der Waals surface area contributed by atoms with Gasteiger partial charge in [-0.3, -0.25) is 4.98 Å². The smallest absolute Gasteiger partial charge is 0.317 e.